The van der Waals surface area contributed by atoms with Crippen LogP contribution in [0.4, 0.5) is 0 Å². The van der Waals surface area contributed by atoms with Crippen LogP contribution >= 0.6 is 0 Å². The molecule has 0 aliphatic heterocycles. The van der Waals surface area contributed by atoms with E-state index in [1.54, 1.807) is 6.08 Å². The normalized spacial score (nSPS) is 32.9. The average Bonchev–Trinajstić information content (AvgIpc) is 2.71. The number of carbonyl (C=O) groups excluding carboxylic acids is 2. The van der Waals surface area contributed by atoms with E-state index in [0.717, 1.165) is 25.7 Å². The van der Waals surface area contributed by atoms with Crippen molar-refractivity contribution < 1.29 is 9.59 Å². The number of fused-ring (bicyclic) bond motifs is 2. The predicted molar refractivity (Wildman–Crippen MR) is 79.2 cm³/mol. The first-order valence-electron chi connectivity index (χ1n) is 7.81. The van der Waals surface area contributed by atoms with Crippen molar-refractivity contribution in [3.8, 4) is 0 Å². The molecule has 0 amide bonds. The van der Waals surface area contributed by atoms with Crippen molar-refractivity contribution in [2.45, 2.75) is 52.4 Å². The van der Waals surface area contributed by atoms with E-state index in [0.29, 0.717) is 18.8 Å². The maximum absolute atomic E-state index is 11.9. The molecule has 2 unspecified atom stereocenters. The standard InChI is InChI=1S/C18H22O2/c1-3-14-15-6-5-13(20)11-17(15)18(16(14)4-2)9-7-12(19)8-10-18/h7,9,11,16H,3-6,8,10H2,1-2H3. The molecule has 0 radical (unpaired) electrons. The van der Waals surface area contributed by atoms with Gasteiger partial charge in [-0.3, -0.25) is 9.59 Å². The molecule has 3 aliphatic rings. The molecule has 20 heavy (non-hydrogen) atoms. The van der Waals surface area contributed by atoms with Gasteiger partial charge in [0.2, 0.25) is 0 Å². The van der Waals surface area contributed by atoms with Gasteiger partial charge in [-0.15, -0.1) is 0 Å². The second-order valence-corrected chi connectivity index (χ2v) is 6.18. The van der Waals surface area contributed by atoms with E-state index in [1.807, 2.05) is 6.08 Å². The summed E-state index contributed by atoms with van der Waals surface area (Å²) in [7, 11) is 0. The van der Waals surface area contributed by atoms with Crippen molar-refractivity contribution in [2.75, 3.05) is 0 Å². The van der Waals surface area contributed by atoms with Gasteiger partial charge in [-0.25, -0.2) is 0 Å². The maximum Gasteiger partial charge on any atom is 0.156 e. The van der Waals surface area contributed by atoms with Crippen molar-refractivity contribution in [2.24, 2.45) is 11.3 Å². The summed E-state index contributed by atoms with van der Waals surface area (Å²) in [5.74, 6) is 0.948. The van der Waals surface area contributed by atoms with Crippen LogP contribution in [0.15, 0.2) is 34.9 Å². The molecule has 1 spiro atoms. The number of allylic oxidation sites excluding steroid dienone is 6. The molecule has 106 valence electrons. The van der Waals surface area contributed by atoms with E-state index in [4.69, 9.17) is 0 Å². The number of hydrogen-bond donors (Lipinski definition) is 0. The van der Waals surface area contributed by atoms with Crippen LogP contribution in [0.25, 0.3) is 0 Å². The van der Waals surface area contributed by atoms with Gasteiger partial charge in [0.15, 0.2) is 11.6 Å². The average molecular weight is 270 g/mol. The predicted octanol–water partition coefficient (Wildman–Crippen LogP) is 3.93. The maximum atomic E-state index is 11.9. The molecular formula is C18H22O2. The summed E-state index contributed by atoms with van der Waals surface area (Å²) < 4.78 is 0. The third kappa shape index (κ3) is 1.77. The van der Waals surface area contributed by atoms with Crippen molar-refractivity contribution in [3.05, 3.63) is 34.9 Å². The Hall–Kier alpha value is -1.44. The van der Waals surface area contributed by atoms with E-state index >= 15 is 0 Å². The van der Waals surface area contributed by atoms with Crippen LogP contribution in [0.2, 0.25) is 0 Å². The van der Waals surface area contributed by atoms with Crippen LogP contribution in [0, 0.1) is 11.3 Å². The Morgan fingerprint density at radius 1 is 1.15 bits per heavy atom. The molecule has 2 nitrogen and oxygen atoms in total. The van der Waals surface area contributed by atoms with Gasteiger partial charge in [-0.2, -0.15) is 0 Å². The first kappa shape index (κ1) is 13.5. The van der Waals surface area contributed by atoms with Crippen LogP contribution in [-0.2, 0) is 9.59 Å². The fourth-order valence-electron chi connectivity index (χ4n) is 4.48. The number of carbonyl (C=O) groups is 2. The Balaban J connectivity index is 2.17. The van der Waals surface area contributed by atoms with E-state index < -0.39 is 0 Å². The molecule has 2 atom stereocenters. The van der Waals surface area contributed by atoms with Crippen molar-refractivity contribution in [1.82, 2.24) is 0 Å². The quantitative estimate of drug-likeness (QED) is 0.762. The largest absolute Gasteiger partial charge is 0.295 e. The molecule has 0 saturated heterocycles. The smallest absolute Gasteiger partial charge is 0.156 e. The monoisotopic (exact) mass is 270 g/mol. The number of hydrogen-bond acceptors (Lipinski definition) is 2. The van der Waals surface area contributed by atoms with Gasteiger partial charge in [0, 0.05) is 18.3 Å². The summed E-state index contributed by atoms with van der Waals surface area (Å²) in [5.41, 5.74) is 4.13. The molecule has 3 rings (SSSR count). The first-order valence-corrected chi connectivity index (χ1v) is 7.81. The fourth-order valence-corrected chi connectivity index (χ4v) is 4.48. The number of rotatable bonds is 2. The van der Waals surface area contributed by atoms with Crippen molar-refractivity contribution in [1.29, 1.82) is 0 Å². The molecule has 0 bridgehead atoms. The fraction of sp³-hybridized carbons (Fsp3) is 0.556. The number of ketones is 2. The zero-order valence-corrected chi connectivity index (χ0v) is 12.4. The Kier molecular flexibility index (Phi) is 3.27. The van der Waals surface area contributed by atoms with Gasteiger partial charge in [0.05, 0.1) is 0 Å². The van der Waals surface area contributed by atoms with Crippen LogP contribution < -0.4 is 0 Å². The minimum Gasteiger partial charge on any atom is -0.295 e. The van der Waals surface area contributed by atoms with E-state index in [-0.39, 0.29) is 17.0 Å². The SMILES string of the molecule is CCC1=C2CCC(=O)C=C2C2(C=CC(=O)CC2)C1CC. The van der Waals surface area contributed by atoms with Gasteiger partial charge < -0.3 is 0 Å². The van der Waals surface area contributed by atoms with E-state index in [9.17, 15) is 9.59 Å². The zero-order valence-electron chi connectivity index (χ0n) is 12.4. The Morgan fingerprint density at radius 2 is 1.95 bits per heavy atom. The topological polar surface area (TPSA) is 34.1 Å². The highest BCUT2D eigenvalue weighted by Gasteiger charge is 2.49. The van der Waals surface area contributed by atoms with Gasteiger partial charge in [0.25, 0.3) is 0 Å². The van der Waals surface area contributed by atoms with Gasteiger partial charge in [0.1, 0.15) is 0 Å². The highest BCUT2D eigenvalue weighted by molar-refractivity contribution is 5.95. The van der Waals surface area contributed by atoms with Crippen LogP contribution in [-0.4, -0.2) is 11.6 Å². The lowest BCUT2D eigenvalue weighted by atomic mass is 9.65. The van der Waals surface area contributed by atoms with E-state index in [2.05, 4.69) is 19.9 Å². The van der Waals surface area contributed by atoms with Gasteiger partial charge in [-0.05, 0) is 54.9 Å². The van der Waals surface area contributed by atoms with Crippen LogP contribution in [0.3, 0.4) is 0 Å². The summed E-state index contributed by atoms with van der Waals surface area (Å²) >= 11 is 0. The molecule has 0 heterocycles. The lowest BCUT2D eigenvalue weighted by Crippen LogP contribution is -2.31. The molecule has 0 aromatic rings. The summed E-state index contributed by atoms with van der Waals surface area (Å²) in [6, 6.07) is 0. The molecular weight excluding hydrogens is 248 g/mol. The molecule has 3 aliphatic carbocycles. The Labute approximate surface area is 120 Å². The second-order valence-electron chi connectivity index (χ2n) is 6.18. The third-order valence-electron chi connectivity index (χ3n) is 5.32. The first-order chi connectivity index (χ1) is 9.62. The minimum absolute atomic E-state index is 0.0700. The molecule has 0 aromatic heterocycles. The summed E-state index contributed by atoms with van der Waals surface area (Å²) in [4.78, 5) is 23.5. The van der Waals surface area contributed by atoms with Crippen LogP contribution in [0.1, 0.15) is 52.4 Å². The lowest BCUT2D eigenvalue weighted by molar-refractivity contribution is -0.115. The molecule has 0 saturated carbocycles. The summed E-state index contributed by atoms with van der Waals surface area (Å²) in [6.45, 7) is 4.45. The van der Waals surface area contributed by atoms with Gasteiger partial charge >= 0.3 is 0 Å². The van der Waals surface area contributed by atoms with Crippen molar-refractivity contribution >= 4 is 11.6 Å². The van der Waals surface area contributed by atoms with E-state index in [1.165, 1.54) is 16.7 Å². The van der Waals surface area contributed by atoms with Gasteiger partial charge in [-0.1, -0.05) is 25.5 Å². The molecule has 0 fully saturated rings. The molecule has 0 aromatic carbocycles. The van der Waals surface area contributed by atoms with Crippen LogP contribution in [0.5, 0.6) is 0 Å². The highest BCUT2D eigenvalue weighted by atomic mass is 16.1. The Morgan fingerprint density at radius 3 is 2.55 bits per heavy atom. The second kappa shape index (κ2) is 4.83. The third-order valence-corrected chi connectivity index (χ3v) is 5.32. The summed E-state index contributed by atoms with van der Waals surface area (Å²) in [6.07, 6.45) is 10.9. The summed E-state index contributed by atoms with van der Waals surface area (Å²) in [5, 5.41) is 0. The minimum atomic E-state index is -0.0700. The molecule has 2 heteroatoms. The molecule has 0 N–H and O–H groups in total. The van der Waals surface area contributed by atoms with Crippen molar-refractivity contribution in [3.63, 3.8) is 0 Å². The zero-order chi connectivity index (χ0) is 14.3. The highest BCUT2D eigenvalue weighted by Crippen LogP contribution is 2.59. The lowest BCUT2D eigenvalue weighted by Gasteiger charge is -2.38. The Bertz CT molecular complexity index is 562.